The molecule has 7 aliphatic rings. The summed E-state index contributed by atoms with van der Waals surface area (Å²) >= 11 is 0. The van der Waals surface area contributed by atoms with Gasteiger partial charge < -0.3 is 89.7 Å². The fraction of sp³-hybridized carbons (Fsp3) is 0.958. The van der Waals surface area contributed by atoms with E-state index in [0.29, 0.717) is 30.6 Å². The maximum atomic E-state index is 11.5. The van der Waals surface area contributed by atoms with Crippen LogP contribution in [0.15, 0.2) is 11.6 Å². The summed E-state index contributed by atoms with van der Waals surface area (Å²) in [4.78, 5) is 0. The van der Waals surface area contributed by atoms with Crippen molar-refractivity contribution in [2.75, 3.05) is 19.8 Å². The van der Waals surface area contributed by atoms with Crippen molar-refractivity contribution in [3.8, 4) is 0 Å². The van der Waals surface area contributed by atoms with Gasteiger partial charge >= 0.3 is 0 Å². The molecule has 0 aromatic rings. The summed E-state index contributed by atoms with van der Waals surface area (Å²) in [6.45, 7) is 15.4. The van der Waals surface area contributed by atoms with Gasteiger partial charge in [0.05, 0.1) is 37.6 Å². The molecule has 24 atom stereocenters. The third-order valence-electron chi connectivity index (χ3n) is 18.6. The number of rotatable bonds is 14. The molecule has 4 unspecified atom stereocenters. The summed E-state index contributed by atoms with van der Waals surface area (Å²) in [6, 6.07) is 0. The molecule has 3 saturated heterocycles. The average Bonchev–Trinajstić information content (AvgIpc) is 3.55. The summed E-state index contributed by atoms with van der Waals surface area (Å²) in [6.07, 6.45) is -13.6. The van der Waals surface area contributed by atoms with E-state index in [0.717, 1.165) is 44.9 Å². The van der Waals surface area contributed by atoms with Crippen molar-refractivity contribution in [1.82, 2.24) is 0 Å². The molecule has 3 aliphatic heterocycles. The molecule has 6 fully saturated rings. The Kier molecular flexibility index (Phi) is 15.7. The van der Waals surface area contributed by atoms with Gasteiger partial charge in [-0.15, -0.1) is 0 Å². The predicted molar refractivity (Wildman–Crippen MR) is 234 cm³/mol. The average molecular weight is 947 g/mol. The van der Waals surface area contributed by atoms with Crippen molar-refractivity contribution in [2.24, 2.45) is 45.3 Å². The number of fused-ring (bicyclic) bond motifs is 5. The number of ether oxygens (including phenoxy) is 6. The van der Waals surface area contributed by atoms with Gasteiger partial charge in [0.1, 0.15) is 73.2 Å². The molecule has 0 amide bonds. The first-order valence-electron chi connectivity index (χ1n) is 24.4. The third-order valence-corrected chi connectivity index (χ3v) is 18.6. The van der Waals surface area contributed by atoms with Gasteiger partial charge in [-0.05, 0) is 112 Å². The van der Waals surface area contributed by atoms with Gasteiger partial charge in [0.15, 0.2) is 18.9 Å². The highest BCUT2D eigenvalue weighted by Gasteiger charge is 2.68. The largest absolute Gasteiger partial charge is 0.394 e. The molecule has 0 aromatic heterocycles. The first kappa shape index (κ1) is 52.8. The molecule has 382 valence electrons. The predicted octanol–water partition coefficient (Wildman–Crippen LogP) is -0.0268. The van der Waals surface area contributed by atoms with Crippen molar-refractivity contribution < 1.29 is 89.7 Å². The maximum absolute atomic E-state index is 11.5. The molecule has 18 heteroatoms. The molecule has 0 bridgehead atoms. The number of hydrogen-bond acceptors (Lipinski definition) is 18. The Bertz CT molecular complexity index is 1670. The van der Waals surface area contributed by atoms with Gasteiger partial charge in [0, 0.05) is 5.41 Å². The number of allylic oxidation sites excluding steroid dienone is 1. The highest BCUT2D eigenvalue weighted by molar-refractivity contribution is 5.30. The van der Waals surface area contributed by atoms with Gasteiger partial charge in [-0.25, -0.2) is 0 Å². The Hall–Kier alpha value is -0.980. The van der Waals surface area contributed by atoms with Gasteiger partial charge in [0.2, 0.25) is 0 Å². The molecule has 4 aliphatic carbocycles. The lowest BCUT2D eigenvalue weighted by molar-refractivity contribution is -0.375. The number of aliphatic hydroxyl groups is 12. The topological polar surface area (TPSA) is 298 Å². The SMILES string of the molecule is CC(CCC(O[C@@H]1O[C@@H](CO)[C@@H](O)[C@H](O)[C@H]1O[C@@H]1O[C@H](CO)[C@@H](O)[C@H](O)[C@H]1O)C(C)(C)O)[C@H]1CC[C@@]2(C)C3CC=C4C(CC[C@H](O[C@@H]5O[C@H](CO)[C@@H](O)[C@H](O)[C@H]5O)C4(C)C)[C@]3(C)CC[C@]12C. The molecule has 0 radical (unpaired) electrons. The smallest absolute Gasteiger partial charge is 0.187 e. The molecular formula is C48H82O18. The summed E-state index contributed by atoms with van der Waals surface area (Å²) in [5, 5.41) is 126. The van der Waals surface area contributed by atoms with Gasteiger partial charge in [0.25, 0.3) is 0 Å². The summed E-state index contributed by atoms with van der Waals surface area (Å²) in [5.41, 5.74) is -0.425. The van der Waals surface area contributed by atoms with Crippen LogP contribution in [-0.4, -0.2) is 191 Å². The van der Waals surface area contributed by atoms with Crippen LogP contribution in [0.1, 0.15) is 113 Å². The van der Waals surface area contributed by atoms with Crippen LogP contribution < -0.4 is 0 Å². The quantitative estimate of drug-likeness (QED) is 0.102. The van der Waals surface area contributed by atoms with Crippen LogP contribution >= 0.6 is 0 Å². The molecule has 66 heavy (non-hydrogen) atoms. The van der Waals surface area contributed by atoms with E-state index in [2.05, 4.69) is 47.6 Å². The molecule has 12 N–H and O–H groups in total. The highest BCUT2D eigenvalue weighted by atomic mass is 16.8. The van der Waals surface area contributed by atoms with E-state index < -0.39 is 129 Å². The fourth-order valence-electron chi connectivity index (χ4n) is 14.2. The third kappa shape index (κ3) is 9.01. The number of hydrogen-bond donors (Lipinski definition) is 12. The fourth-order valence-corrected chi connectivity index (χ4v) is 14.2. The van der Waals surface area contributed by atoms with Crippen molar-refractivity contribution in [3.63, 3.8) is 0 Å². The minimum absolute atomic E-state index is 0.0113. The molecule has 18 nitrogen and oxygen atoms in total. The molecule has 3 saturated carbocycles. The molecule has 0 aromatic carbocycles. The van der Waals surface area contributed by atoms with Crippen LogP contribution in [0.4, 0.5) is 0 Å². The first-order chi connectivity index (χ1) is 30.8. The van der Waals surface area contributed by atoms with Crippen LogP contribution in [0.2, 0.25) is 0 Å². The van der Waals surface area contributed by atoms with E-state index in [1.165, 1.54) is 5.57 Å². The van der Waals surface area contributed by atoms with E-state index in [4.69, 9.17) is 28.4 Å². The maximum Gasteiger partial charge on any atom is 0.187 e. The van der Waals surface area contributed by atoms with Crippen LogP contribution in [0.3, 0.4) is 0 Å². The van der Waals surface area contributed by atoms with Gasteiger partial charge in [-0.2, -0.15) is 0 Å². The molecular weight excluding hydrogens is 865 g/mol. The Balaban J connectivity index is 1.04. The van der Waals surface area contributed by atoms with Crippen molar-refractivity contribution in [1.29, 1.82) is 0 Å². The second-order valence-corrected chi connectivity index (χ2v) is 22.9. The zero-order valence-corrected chi connectivity index (χ0v) is 40.0. The van der Waals surface area contributed by atoms with Crippen molar-refractivity contribution >= 4 is 0 Å². The zero-order valence-electron chi connectivity index (χ0n) is 40.0. The van der Waals surface area contributed by atoms with Crippen molar-refractivity contribution in [2.45, 2.75) is 223 Å². The summed E-state index contributed by atoms with van der Waals surface area (Å²) in [7, 11) is 0. The highest BCUT2D eigenvalue weighted by Crippen LogP contribution is 2.75. The minimum atomic E-state index is -1.81. The van der Waals surface area contributed by atoms with E-state index >= 15 is 0 Å². The standard InChI is InChI=1S/C48H82O18/c1-22(9-13-31(45(4,5)60)65-43-40(37(57)34(54)28(21-51)63-43)66-42-39(59)36(56)33(53)27(20-50)62-42)23-15-16-48(8)29-12-10-24-25(46(29,6)17-18-47(23,48)7)11-14-30(44(24,2)3)64-41-38(58)35(55)32(52)26(19-49)61-41/h10,22-23,25-43,49-60H,9,11-21H2,1-8H3/t22?,23-,25?,26-,27-,28+,29?,30+,31?,32-,33-,34-,35+,36+,37+,38-,39-,40-,41+,42+,43+,46+,47-,48+/m1/s1. The Morgan fingerprint density at radius 2 is 1.17 bits per heavy atom. The van der Waals surface area contributed by atoms with Crippen LogP contribution in [0.5, 0.6) is 0 Å². The normalized spacial score (nSPS) is 50.4. The van der Waals surface area contributed by atoms with Crippen LogP contribution in [0.25, 0.3) is 0 Å². The Morgan fingerprint density at radius 3 is 1.71 bits per heavy atom. The van der Waals surface area contributed by atoms with Crippen LogP contribution in [-0.2, 0) is 28.4 Å². The van der Waals surface area contributed by atoms with E-state index in [1.807, 2.05) is 0 Å². The molecule has 3 heterocycles. The molecule has 7 rings (SSSR count). The van der Waals surface area contributed by atoms with E-state index in [9.17, 15) is 61.3 Å². The second-order valence-electron chi connectivity index (χ2n) is 22.9. The van der Waals surface area contributed by atoms with Crippen molar-refractivity contribution in [3.05, 3.63) is 11.6 Å². The summed E-state index contributed by atoms with van der Waals surface area (Å²) in [5.74, 6) is 1.32. The lowest BCUT2D eigenvalue weighted by atomic mass is 9.39. The minimum Gasteiger partial charge on any atom is -0.394 e. The monoisotopic (exact) mass is 947 g/mol. The Morgan fingerprint density at radius 1 is 0.636 bits per heavy atom. The van der Waals surface area contributed by atoms with E-state index in [1.54, 1.807) is 13.8 Å². The van der Waals surface area contributed by atoms with Crippen LogP contribution in [0, 0.1) is 45.3 Å². The van der Waals surface area contributed by atoms with Gasteiger partial charge in [-0.3, -0.25) is 0 Å². The first-order valence-corrected chi connectivity index (χ1v) is 24.4. The number of aliphatic hydroxyl groups excluding tert-OH is 11. The Labute approximate surface area is 388 Å². The second kappa shape index (κ2) is 19.6. The van der Waals surface area contributed by atoms with Gasteiger partial charge in [-0.1, -0.05) is 53.2 Å². The molecule has 0 spiro atoms. The lowest BCUT2D eigenvalue weighted by Crippen LogP contribution is -2.65. The summed E-state index contributed by atoms with van der Waals surface area (Å²) < 4.78 is 36.0. The zero-order chi connectivity index (χ0) is 48.6. The van der Waals surface area contributed by atoms with E-state index in [-0.39, 0.29) is 28.3 Å². The lowest BCUT2D eigenvalue weighted by Gasteiger charge is -2.66.